The molecular formula is C32H39BrN7O4P. The molecule has 2 fully saturated rings. The van der Waals surface area contributed by atoms with Crippen LogP contribution in [-0.2, 0) is 4.57 Å². The Morgan fingerprint density at radius 3 is 2.51 bits per heavy atom. The minimum absolute atomic E-state index is 0.0895. The summed E-state index contributed by atoms with van der Waals surface area (Å²) >= 11 is 3.55. The number of hydrogen-bond donors (Lipinski definition) is 2. The number of anilines is 5. The van der Waals surface area contributed by atoms with Gasteiger partial charge >= 0.3 is 0 Å². The van der Waals surface area contributed by atoms with Crippen LogP contribution in [0.25, 0.3) is 0 Å². The summed E-state index contributed by atoms with van der Waals surface area (Å²) in [5.74, 6) is 5.40. The number of rotatable bonds is 8. The zero-order valence-corrected chi connectivity index (χ0v) is 28.6. The van der Waals surface area contributed by atoms with Gasteiger partial charge in [-0.15, -0.1) is 6.42 Å². The molecular weight excluding hydrogens is 657 g/mol. The van der Waals surface area contributed by atoms with E-state index in [9.17, 15) is 4.57 Å². The van der Waals surface area contributed by atoms with Gasteiger partial charge in [0.2, 0.25) is 12.7 Å². The summed E-state index contributed by atoms with van der Waals surface area (Å²) in [7, 11) is 1.09. The van der Waals surface area contributed by atoms with Gasteiger partial charge in [-0.2, -0.15) is 4.98 Å². The van der Waals surface area contributed by atoms with Crippen LogP contribution in [0.15, 0.2) is 34.9 Å². The van der Waals surface area contributed by atoms with Crippen LogP contribution in [0.3, 0.4) is 0 Å². The van der Waals surface area contributed by atoms with Gasteiger partial charge in [0.25, 0.3) is 0 Å². The highest BCUT2D eigenvalue weighted by molar-refractivity contribution is 9.10. The minimum Gasteiger partial charge on any atom is -0.494 e. The molecule has 2 aromatic carbocycles. The first-order valence-electron chi connectivity index (χ1n) is 15.1. The van der Waals surface area contributed by atoms with Crippen molar-refractivity contribution in [2.45, 2.75) is 18.9 Å². The Morgan fingerprint density at radius 2 is 1.82 bits per heavy atom. The molecule has 2 saturated heterocycles. The zero-order valence-electron chi connectivity index (χ0n) is 26.1. The van der Waals surface area contributed by atoms with Crippen LogP contribution in [-0.4, -0.2) is 99.4 Å². The van der Waals surface area contributed by atoms with Crippen LogP contribution >= 0.6 is 23.1 Å². The Hall–Kier alpha value is -3.49. The molecule has 0 radical (unpaired) electrons. The van der Waals surface area contributed by atoms with E-state index in [1.807, 2.05) is 18.2 Å². The summed E-state index contributed by atoms with van der Waals surface area (Å²) in [4.78, 5) is 16.6. The third kappa shape index (κ3) is 6.73. The normalized spacial score (nSPS) is 17.6. The van der Waals surface area contributed by atoms with E-state index in [-0.39, 0.29) is 6.79 Å². The number of methoxy groups -OCH3 is 1. The molecule has 2 N–H and O–H groups in total. The summed E-state index contributed by atoms with van der Waals surface area (Å²) in [6.45, 7) is 9.90. The highest BCUT2D eigenvalue weighted by Gasteiger charge is 2.30. The van der Waals surface area contributed by atoms with Crippen LogP contribution in [0.4, 0.5) is 28.8 Å². The number of piperazine rings is 1. The molecule has 6 rings (SSSR count). The molecule has 3 aliphatic rings. The van der Waals surface area contributed by atoms with Gasteiger partial charge in [-0.25, -0.2) is 4.98 Å². The van der Waals surface area contributed by atoms with Crippen molar-refractivity contribution in [2.75, 3.05) is 89.1 Å². The molecule has 0 unspecified atom stereocenters. The van der Waals surface area contributed by atoms with E-state index < -0.39 is 7.14 Å². The second-order valence-electron chi connectivity index (χ2n) is 12.0. The molecule has 0 bridgehead atoms. The maximum atomic E-state index is 13.3. The average Bonchev–Trinajstić information content (AvgIpc) is 3.51. The number of piperidine rings is 1. The summed E-state index contributed by atoms with van der Waals surface area (Å²) < 4.78 is 30.9. The fourth-order valence-corrected chi connectivity index (χ4v) is 7.89. The van der Waals surface area contributed by atoms with Crippen LogP contribution < -0.4 is 35.0 Å². The standard InChI is InChI=1S/C32H39BrN7O4P/c1-6-21-17-25(28(42-3)18-26(21)40-11-9-22(10-12-40)39-15-13-38(2)14-16-39)36-32-34-19-23(33)31(37-32)35-24-7-8-27-29(44-20-43-27)30(24)45(4,5)41/h1,7-8,17-19,22H,9-16,20H2,2-5H3,(H2,34,35,36,37). The van der Waals surface area contributed by atoms with E-state index in [0.29, 0.717) is 56.2 Å². The van der Waals surface area contributed by atoms with Crippen LogP contribution in [0.2, 0.25) is 0 Å². The van der Waals surface area contributed by atoms with Crippen molar-refractivity contribution in [1.82, 2.24) is 19.8 Å². The number of nitrogens with zero attached hydrogens (tertiary/aromatic N) is 5. The molecule has 0 atom stereocenters. The van der Waals surface area contributed by atoms with Crippen LogP contribution in [0.1, 0.15) is 18.4 Å². The lowest BCUT2D eigenvalue weighted by Crippen LogP contribution is -2.52. The third-order valence-corrected chi connectivity index (χ3v) is 10.7. The van der Waals surface area contributed by atoms with Crippen molar-refractivity contribution in [1.29, 1.82) is 0 Å². The molecule has 0 spiro atoms. The first kappa shape index (κ1) is 31.5. The van der Waals surface area contributed by atoms with Gasteiger partial charge in [0.05, 0.1) is 33.9 Å². The number of benzene rings is 2. The Kier molecular flexibility index (Phi) is 9.16. The predicted molar refractivity (Wildman–Crippen MR) is 183 cm³/mol. The van der Waals surface area contributed by atoms with Crippen molar-refractivity contribution in [3.63, 3.8) is 0 Å². The lowest BCUT2D eigenvalue weighted by atomic mass is 10.00. The number of hydrogen-bond acceptors (Lipinski definition) is 11. The second-order valence-corrected chi connectivity index (χ2v) is 16.0. The summed E-state index contributed by atoms with van der Waals surface area (Å²) in [5, 5.41) is 7.17. The van der Waals surface area contributed by atoms with Crippen LogP contribution in [0, 0.1) is 12.3 Å². The van der Waals surface area contributed by atoms with Crippen molar-refractivity contribution in [2.24, 2.45) is 0 Å². The molecule has 238 valence electrons. The molecule has 45 heavy (non-hydrogen) atoms. The SMILES string of the molecule is C#Cc1cc(Nc2ncc(Br)c(Nc3ccc4c(c3P(C)(C)=O)OCO4)n2)c(OC)cc1N1CCC(N2CCN(C)CC2)CC1. The number of aromatic nitrogens is 2. The zero-order chi connectivity index (χ0) is 31.7. The molecule has 1 aromatic heterocycles. The molecule has 0 aliphatic carbocycles. The van der Waals surface area contributed by atoms with Crippen molar-refractivity contribution in [3.8, 4) is 29.6 Å². The van der Waals surface area contributed by atoms with E-state index in [1.54, 1.807) is 32.7 Å². The van der Waals surface area contributed by atoms with Gasteiger partial charge in [-0.3, -0.25) is 4.90 Å². The summed E-state index contributed by atoms with van der Waals surface area (Å²) in [6, 6.07) is 8.14. The van der Waals surface area contributed by atoms with E-state index >= 15 is 0 Å². The molecule has 3 aromatic rings. The number of halogens is 1. The minimum atomic E-state index is -2.75. The van der Waals surface area contributed by atoms with Gasteiger partial charge in [-0.05, 0) is 67.3 Å². The fourth-order valence-electron chi connectivity index (χ4n) is 6.23. The number of nitrogens with one attached hydrogen (secondary N) is 2. The van der Waals surface area contributed by atoms with Gasteiger partial charge < -0.3 is 39.2 Å². The van der Waals surface area contributed by atoms with Crippen molar-refractivity contribution >= 4 is 57.2 Å². The molecule has 0 amide bonds. The average molecular weight is 697 g/mol. The Balaban J connectivity index is 1.21. The third-order valence-electron chi connectivity index (χ3n) is 8.63. The van der Waals surface area contributed by atoms with Gasteiger partial charge in [-0.1, -0.05) is 5.92 Å². The Labute approximate surface area is 273 Å². The first-order chi connectivity index (χ1) is 21.6. The number of likely N-dealkylation sites (N-methyl/N-ethyl adjacent to an activating group) is 1. The molecule has 13 heteroatoms. The van der Waals surface area contributed by atoms with E-state index in [0.717, 1.165) is 63.4 Å². The molecule has 4 heterocycles. The van der Waals surface area contributed by atoms with E-state index in [4.69, 9.17) is 25.6 Å². The van der Waals surface area contributed by atoms with Gasteiger partial charge in [0.15, 0.2) is 11.5 Å². The van der Waals surface area contributed by atoms with Gasteiger partial charge in [0, 0.05) is 63.1 Å². The maximum absolute atomic E-state index is 13.3. The summed E-state index contributed by atoms with van der Waals surface area (Å²) in [6.07, 6.45) is 9.90. The predicted octanol–water partition coefficient (Wildman–Crippen LogP) is 4.91. The number of terminal acetylenes is 1. The first-order valence-corrected chi connectivity index (χ1v) is 18.4. The number of ether oxygens (including phenoxy) is 3. The fraction of sp³-hybridized carbons (Fsp3) is 0.438. The monoisotopic (exact) mass is 695 g/mol. The molecule has 11 nitrogen and oxygen atoms in total. The van der Waals surface area contributed by atoms with E-state index in [1.165, 1.54) is 0 Å². The second kappa shape index (κ2) is 13.1. The highest BCUT2D eigenvalue weighted by Crippen LogP contribution is 2.47. The van der Waals surface area contributed by atoms with E-state index in [2.05, 4.69) is 59.2 Å². The Morgan fingerprint density at radius 1 is 1.07 bits per heavy atom. The largest absolute Gasteiger partial charge is 0.494 e. The highest BCUT2D eigenvalue weighted by atomic mass is 79.9. The van der Waals surface area contributed by atoms with Crippen molar-refractivity contribution < 1.29 is 18.8 Å². The topological polar surface area (TPSA) is 104 Å². The summed E-state index contributed by atoms with van der Waals surface area (Å²) in [5.41, 5.74) is 3.05. The smallest absolute Gasteiger partial charge is 0.231 e. The number of fused-ring (bicyclic) bond motifs is 1. The lowest BCUT2D eigenvalue weighted by Gasteiger charge is -2.42. The quantitative estimate of drug-likeness (QED) is 0.248. The van der Waals surface area contributed by atoms with Crippen molar-refractivity contribution in [3.05, 3.63) is 40.5 Å². The molecule has 3 aliphatic heterocycles. The maximum Gasteiger partial charge on any atom is 0.231 e. The molecule has 0 saturated carbocycles. The van der Waals surface area contributed by atoms with Crippen LogP contribution in [0.5, 0.6) is 17.2 Å². The lowest BCUT2D eigenvalue weighted by molar-refractivity contribution is 0.0982. The van der Waals surface area contributed by atoms with Gasteiger partial charge in [0.1, 0.15) is 18.7 Å². The Bertz CT molecular complexity index is 1660.